The van der Waals surface area contributed by atoms with Crippen LogP contribution in [0.4, 0.5) is 5.69 Å². The average molecular weight is 282 g/mol. The zero-order chi connectivity index (χ0) is 13.9. The van der Waals surface area contributed by atoms with Crippen molar-refractivity contribution >= 4 is 21.4 Å². The lowest BCUT2D eigenvalue weighted by molar-refractivity contribution is 0.0949. The number of rotatable bonds is 4. The van der Waals surface area contributed by atoms with Crippen molar-refractivity contribution in [3.63, 3.8) is 0 Å². The minimum absolute atomic E-state index is 0.0377. The standard InChI is InChI=1S/C13H18N2O3S/c1-14-12-5-3-2-4-11(12)13(16)15-8-10-6-7-19(17,18)9-10/h2-5,10,14H,6-9H2,1H3,(H,15,16). The lowest BCUT2D eigenvalue weighted by atomic mass is 10.1. The van der Waals surface area contributed by atoms with Crippen molar-refractivity contribution in [2.45, 2.75) is 6.42 Å². The molecule has 1 saturated heterocycles. The van der Waals surface area contributed by atoms with Gasteiger partial charge in [-0.1, -0.05) is 12.1 Å². The maximum atomic E-state index is 12.0. The van der Waals surface area contributed by atoms with Crippen LogP contribution in [0.5, 0.6) is 0 Å². The zero-order valence-corrected chi connectivity index (χ0v) is 11.7. The van der Waals surface area contributed by atoms with E-state index in [4.69, 9.17) is 0 Å². The van der Waals surface area contributed by atoms with Crippen molar-refractivity contribution in [2.75, 3.05) is 30.4 Å². The third kappa shape index (κ3) is 3.47. The molecular weight excluding hydrogens is 264 g/mol. The predicted octanol–water partition coefficient (Wildman–Crippen LogP) is 0.893. The smallest absolute Gasteiger partial charge is 0.253 e. The van der Waals surface area contributed by atoms with E-state index < -0.39 is 9.84 Å². The Labute approximate surface area is 113 Å². The van der Waals surface area contributed by atoms with E-state index in [0.717, 1.165) is 5.69 Å². The number of benzene rings is 1. The molecule has 1 aromatic rings. The molecule has 0 saturated carbocycles. The van der Waals surface area contributed by atoms with E-state index in [1.807, 2.05) is 12.1 Å². The fourth-order valence-corrected chi connectivity index (χ4v) is 4.13. The van der Waals surface area contributed by atoms with Gasteiger partial charge in [0.1, 0.15) is 0 Å². The van der Waals surface area contributed by atoms with E-state index in [9.17, 15) is 13.2 Å². The first-order valence-electron chi connectivity index (χ1n) is 6.27. The molecule has 0 spiro atoms. The average Bonchev–Trinajstić information content (AvgIpc) is 2.75. The molecule has 6 heteroatoms. The number of sulfone groups is 1. The largest absolute Gasteiger partial charge is 0.387 e. The normalized spacial score (nSPS) is 21.0. The summed E-state index contributed by atoms with van der Waals surface area (Å²) in [6.45, 7) is 0.413. The Balaban J connectivity index is 1.95. The molecule has 2 rings (SSSR count). The lowest BCUT2D eigenvalue weighted by Gasteiger charge is -2.12. The number of hydrogen-bond acceptors (Lipinski definition) is 4. The molecule has 1 aliphatic rings. The summed E-state index contributed by atoms with van der Waals surface area (Å²) in [5, 5.41) is 5.77. The molecule has 104 valence electrons. The first-order chi connectivity index (χ1) is 9.02. The molecule has 2 N–H and O–H groups in total. The Morgan fingerprint density at radius 1 is 1.37 bits per heavy atom. The SMILES string of the molecule is CNc1ccccc1C(=O)NCC1CCS(=O)(=O)C1. The van der Waals surface area contributed by atoms with E-state index in [1.54, 1.807) is 19.2 Å². The second-order valence-corrected chi connectivity index (χ2v) is 7.00. The molecule has 1 aromatic carbocycles. The first kappa shape index (κ1) is 13.9. The lowest BCUT2D eigenvalue weighted by Crippen LogP contribution is -2.30. The summed E-state index contributed by atoms with van der Waals surface area (Å²) in [4.78, 5) is 12.0. The van der Waals surface area contributed by atoms with E-state index in [2.05, 4.69) is 10.6 Å². The van der Waals surface area contributed by atoms with Crippen molar-refractivity contribution in [1.82, 2.24) is 5.32 Å². The maximum absolute atomic E-state index is 12.0. The number of hydrogen-bond donors (Lipinski definition) is 2. The van der Waals surface area contributed by atoms with Crippen molar-refractivity contribution in [2.24, 2.45) is 5.92 Å². The van der Waals surface area contributed by atoms with Crippen molar-refractivity contribution in [3.05, 3.63) is 29.8 Å². The molecule has 1 amide bonds. The van der Waals surface area contributed by atoms with Gasteiger partial charge in [0, 0.05) is 19.3 Å². The summed E-state index contributed by atoms with van der Waals surface area (Å²) in [7, 11) is -1.12. The molecule has 1 fully saturated rings. The Kier molecular flexibility index (Phi) is 4.09. The Bertz CT molecular complexity index is 569. The van der Waals surface area contributed by atoms with Crippen molar-refractivity contribution in [3.8, 4) is 0 Å². The highest BCUT2D eigenvalue weighted by Gasteiger charge is 2.28. The van der Waals surface area contributed by atoms with E-state index in [-0.39, 0.29) is 23.3 Å². The number of carbonyl (C=O) groups is 1. The fraction of sp³-hybridized carbons (Fsp3) is 0.462. The minimum atomic E-state index is -2.88. The van der Waals surface area contributed by atoms with Gasteiger partial charge in [0.05, 0.1) is 17.1 Å². The number of carbonyl (C=O) groups excluding carboxylic acids is 1. The summed E-state index contributed by atoms with van der Waals surface area (Å²) in [5.74, 6) is 0.284. The second-order valence-electron chi connectivity index (χ2n) is 4.77. The van der Waals surface area contributed by atoms with Crippen LogP contribution in [0, 0.1) is 5.92 Å². The molecule has 0 aromatic heterocycles. The highest BCUT2D eigenvalue weighted by atomic mass is 32.2. The van der Waals surface area contributed by atoms with Crippen LogP contribution in [-0.2, 0) is 9.84 Å². The molecule has 1 atom stereocenters. The van der Waals surface area contributed by atoms with Crippen LogP contribution >= 0.6 is 0 Å². The molecule has 0 radical (unpaired) electrons. The highest BCUT2D eigenvalue weighted by Crippen LogP contribution is 2.18. The van der Waals surface area contributed by atoms with Crippen LogP contribution in [0.3, 0.4) is 0 Å². The number of anilines is 1. The van der Waals surface area contributed by atoms with E-state index >= 15 is 0 Å². The van der Waals surface area contributed by atoms with Gasteiger partial charge >= 0.3 is 0 Å². The van der Waals surface area contributed by atoms with Gasteiger partial charge in [-0.25, -0.2) is 8.42 Å². The summed E-state index contributed by atoms with van der Waals surface area (Å²) in [6, 6.07) is 7.23. The van der Waals surface area contributed by atoms with Gasteiger partial charge in [-0.3, -0.25) is 4.79 Å². The summed E-state index contributed by atoms with van der Waals surface area (Å²) >= 11 is 0. The molecule has 0 bridgehead atoms. The molecule has 1 heterocycles. The van der Waals surface area contributed by atoms with Gasteiger partial charge in [0.15, 0.2) is 9.84 Å². The topological polar surface area (TPSA) is 75.3 Å². The van der Waals surface area contributed by atoms with Gasteiger partial charge < -0.3 is 10.6 Å². The van der Waals surface area contributed by atoms with Gasteiger partial charge in [0.2, 0.25) is 0 Å². The maximum Gasteiger partial charge on any atom is 0.253 e. The molecule has 5 nitrogen and oxygen atoms in total. The van der Waals surface area contributed by atoms with Crippen LogP contribution in [0.2, 0.25) is 0 Å². The van der Waals surface area contributed by atoms with Crippen LogP contribution in [-0.4, -0.2) is 39.4 Å². The van der Waals surface area contributed by atoms with Crippen LogP contribution in [0.25, 0.3) is 0 Å². The van der Waals surface area contributed by atoms with Crippen LogP contribution < -0.4 is 10.6 Å². The Morgan fingerprint density at radius 3 is 2.74 bits per heavy atom. The van der Waals surface area contributed by atoms with Crippen molar-refractivity contribution < 1.29 is 13.2 Å². The van der Waals surface area contributed by atoms with Gasteiger partial charge in [-0.15, -0.1) is 0 Å². The predicted molar refractivity (Wildman–Crippen MR) is 75.1 cm³/mol. The molecule has 19 heavy (non-hydrogen) atoms. The molecular formula is C13H18N2O3S. The third-order valence-electron chi connectivity index (χ3n) is 3.32. The Hall–Kier alpha value is -1.56. The third-order valence-corrected chi connectivity index (χ3v) is 5.16. The molecule has 0 aliphatic carbocycles. The summed E-state index contributed by atoms with van der Waals surface area (Å²) in [6.07, 6.45) is 0.635. The van der Waals surface area contributed by atoms with Gasteiger partial charge in [-0.05, 0) is 24.5 Å². The van der Waals surface area contributed by atoms with E-state index in [0.29, 0.717) is 18.5 Å². The number of nitrogens with one attached hydrogen (secondary N) is 2. The van der Waals surface area contributed by atoms with Crippen molar-refractivity contribution in [1.29, 1.82) is 0 Å². The number of para-hydroxylation sites is 1. The quantitative estimate of drug-likeness (QED) is 0.860. The van der Waals surface area contributed by atoms with Crippen LogP contribution in [0.1, 0.15) is 16.8 Å². The summed E-state index contributed by atoms with van der Waals surface area (Å²) < 4.78 is 22.7. The van der Waals surface area contributed by atoms with Gasteiger partial charge in [-0.2, -0.15) is 0 Å². The van der Waals surface area contributed by atoms with Gasteiger partial charge in [0.25, 0.3) is 5.91 Å². The summed E-state index contributed by atoms with van der Waals surface area (Å²) in [5.41, 5.74) is 1.34. The molecule has 1 unspecified atom stereocenters. The number of amides is 1. The zero-order valence-electron chi connectivity index (χ0n) is 10.8. The van der Waals surface area contributed by atoms with Crippen LogP contribution in [0.15, 0.2) is 24.3 Å². The van der Waals surface area contributed by atoms with E-state index in [1.165, 1.54) is 0 Å². The fourth-order valence-electron chi connectivity index (χ4n) is 2.26. The molecule has 1 aliphatic heterocycles. The second kappa shape index (κ2) is 5.61. The Morgan fingerprint density at radius 2 is 2.11 bits per heavy atom. The monoisotopic (exact) mass is 282 g/mol. The highest BCUT2D eigenvalue weighted by molar-refractivity contribution is 7.91. The first-order valence-corrected chi connectivity index (χ1v) is 8.09. The minimum Gasteiger partial charge on any atom is -0.387 e.